The molecule has 0 radical (unpaired) electrons. The fourth-order valence-corrected chi connectivity index (χ4v) is 1.99. The number of aliphatic hydroxyl groups is 1. The van der Waals surface area contributed by atoms with Crippen molar-refractivity contribution < 1.29 is 14.4 Å². The lowest BCUT2D eigenvalue weighted by Gasteiger charge is -2.31. The molecule has 6 nitrogen and oxygen atoms in total. The Bertz CT molecular complexity index is 382. The van der Waals surface area contributed by atoms with Gasteiger partial charge in [0.05, 0.1) is 11.7 Å². The molecule has 16 heavy (non-hydrogen) atoms. The highest BCUT2D eigenvalue weighted by Gasteiger charge is 2.31. The van der Waals surface area contributed by atoms with Gasteiger partial charge in [-0.3, -0.25) is 10.1 Å². The van der Waals surface area contributed by atoms with E-state index in [0.717, 1.165) is 13.0 Å². The van der Waals surface area contributed by atoms with Crippen LogP contribution in [0.15, 0.2) is 16.5 Å². The second-order valence-corrected chi connectivity index (χ2v) is 4.18. The smallest absolute Gasteiger partial charge is 0.406 e. The summed E-state index contributed by atoms with van der Waals surface area (Å²) >= 11 is 0. The van der Waals surface area contributed by atoms with Crippen LogP contribution >= 0.6 is 0 Å². The largest absolute Gasteiger partial charge is 0.433 e. The molecule has 0 amide bonds. The molecule has 6 heteroatoms. The second kappa shape index (κ2) is 4.23. The quantitative estimate of drug-likeness (QED) is 0.589. The van der Waals surface area contributed by atoms with Gasteiger partial charge in [0, 0.05) is 13.0 Å². The number of piperidine rings is 1. The molecule has 2 rings (SSSR count). The first-order chi connectivity index (χ1) is 7.59. The molecule has 2 N–H and O–H groups in total. The molecule has 1 aromatic rings. The zero-order valence-electron chi connectivity index (χ0n) is 8.81. The van der Waals surface area contributed by atoms with Crippen molar-refractivity contribution in [2.45, 2.75) is 24.9 Å². The minimum atomic E-state index is -0.843. The standard InChI is InChI=1S/C10H14N2O4/c13-10(4-1-5-11-7-10)6-8-2-3-9(16-8)12(14)15/h2-3,11,13H,1,4-7H2. The maximum atomic E-state index is 10.4. The van der Waals surface area contributed by atoms with E-state index < -0.39 is 10.5 Å². The maximum Gasteiger partial charge on any atom is 0.433 e. The summed E-state index contributed by atoms with van der Waals surface area (Å²) in [5, 5.41) is 23.7. The third-order valence-electron chi connectivity index (χ3n) is 2.78. The predicted octanol–water partition coefficient (Wildman–Crippen LogP) is 0.845. The van der Waals surface area contributed by atoms with E-state index in [0.29, 0.717) is 25.1 Å². The van der Waals surface area contributed by atoms with E-state index in [1.54, 1.807) is 6.07 Å². The van der Waals surface area contributed by atoms with Crippen LogP contribution in [0.2, 0.25) is 0 Å². The van der Waals surface area contributed by atoms with Crippen molar-refractivity contribution in [2.24, 2.45) is 0 Å². The van der Waals surface area contributed by atoms with Gasteiger partial charge in [-0.05, 0) is 25.5 Å². The van der Waals surface area contributed by atoms with Crippen molar-refractivity contribution in [3.05, 3.63) is 28.0 Å². The number of nitrogens with zero attached hydrogens (tertiary/aromatic N) is 1. The molecule has 0 aliphatic carbocycles. The molecular weight excluding hydrogens is 212 g/mol. The van der Waals surface area contributed by atoms with E-state index >= 15 is 0 Å². The molecule has 0 aromatic carbocycles. The van der Waals surface area contributed by atoms with Gasteiger partial charge < -0.3 is 14.8 Å². The number of β-amino-alcohol motifs (C(OH)–C–C–N with tert-alkyl or cyclic N) is 1. The van der Waals surface area contributed by atoms with Gasteiger partial charge in [0.25, 0.3) is 0 Å². The van der Waals surface area contributed by atoms with Crippen molar-refractivity contribution in [1.82, 2.24) is 5.32 Å². The highest BCUT2D eigenvalue weighted by Crippen LogP contribution is 2.24. The van der Waals surface area contributed by atoms with Crippen LogP contribution in [-0.2, 0) is 6.42 Å². The van der Waals surface area contributed by atoms with Crippen LogP contribution in [0.1, 0.15) is 18.6 Å². The number of nitrogens with one attached hydrogen (secondary N) is 1. The van der Waals surface area contributed by atoms with Gasteiger partial charge in [-0.15, -0.1) is 0 Å². The van der Waals surface area contributed by atoms with E-state index in [2.05, 4.69) is 5.32 Å². The van der Waals surface area contributed by atoms with E-state index in [-0.39, 0.29) is 5.88 Å². The van der Waals surface area contributed by atoms with Crippen LogP contribution in [0, 0.1) is 10.1 Å². The number of nitro groups is 1. The zero-order valence-corrected chi connectivity index (χ0v) is 8.81. The van der Waals surface area contributed by atoms with Crippen LogP contribution in [-0.4, -0.2) is 28.7 Å². The molecule has 0 saturated carbocycles. The SMILES string of the molecule is O=[N+]([O-])c1ccc(CC2(O)CCCNC2)o1. The van der Waals surface area contributed by atoms with Crippen molar-refractivity contribution in [3.63, 3.8) is 0 Å². The summed E-state index contributed by atoms with van der Waals surface area (Å²) in [6, 6.07) is 2.86. The third kappa shape index (κ3) is 2.40. The van der Waals surface area contributed by atoms with Crippen LogP contribution in [0.25, 0.3) is 0 Å². The summed E-state index contributed by atoms with van der Waals surface area (Å²) in [4.78, 5) is 9.85. The predicted molar refractivity (Wildman–Crippen MR) is 56.1 cm³/mol. The van der Waals surface area contributed by atoms with Crippen LogP contribution in [0.3, 0.4) is 0 Å². The van der Waals surface area contributed by atoms with Gasteiger partial charge in [-0.1, -0.05) is 0 Å². The Morgan fingerprint density at radius 3 is 3.00 bits per heavy atom. The van der Waals surface area contributed by atoms with Crippen molar-refractivity contribution in [2.75, 3.05) is 13.1 Å². The minimum Gasteiger partial charge on any atom is -0.406 e. The van der Waals surface area contributed by atoms with Gasteiger partial charge in [0.1, 0.15) is 10.7 Å². The van der Waals surface area contributed by atoms with Crippen molar-refractivity contribution >= 4 is 5.88 Å². The first-order valence-corrected chi connectivity index (χ1v) is 5.25. The second-order valence-electron chi connectivity index (χ2n) is 4.18. The molecule has 1 fully saturated rings. The average Bonchev–Trinajstić information content (AvgIpc) is 2.66. The fraction of sp³-hybridized carbons (Fsp3) is 0.600. The first-order valence-electron chi connectivity index (χ1n) is 5.25. The summed E-state index contributed by atoms with van der Waals surface area (Å²) in [5.74, 6) is 0.181. The first kappa shape index (κ1) is 11.1. The molecule has 2 heterocycles. The normalized spacial score (nSPS) is 25.6. The molecule has 0 bridgehead atoms. The molecule has 1 aromatic heterocycles. The summed E-state index contributed by atoms with van der Waals surface area (Å²) in [5.41, 5.74) is -0.843. The average molecular weight is 226 g/mol. The van der Waals surface area contributed by atoms with E-state index in [4.69, 9.17) is 4.42 Å². The molecule has 1 unspecified atom stereocenters. The maximum absolute atomic E-state index is 10.4. The number of hydrogen-bond acceptors (Lipinski definition) is 5. The Kier molecular flexibility index (Phi) is 2.93. The van der Waals surface area contributed by atoms with Crippen molar-refractivity contribution in [1.29, 1.82) is 0 Å². The molecular formula is C10H14N2O4. The summed E-state index contributed by atoms with van der Waals surface area (Å²) in [6.45, 7) is 1.40. The van der Waals surface area contributed by atoms with E-state index in [9.17, 15) is 15.2 Å². The van der Waals surface area contributed by atoms with Crippen LogP contribution < -0.4 is 5.32 Å². The van der Waals surface area contributed by atoms with Gasteiger partial charge in [-0.2, -0.15) is 0 Å². The van der Waals surface area contributed by atoms with Crippen LogP contribution in [0.4, 0.5) is 5.88 Å². The van der Waals surface area contributed by atoms with Gasteiger partial charge in [-0.25, -0.2) is 0 Å². The molecule has 1 aliphatic rings. The summed E-state index contributed by atoms with van der Waals surface area (Å²) < 4.78 is 5.03. The number of hydrogen-bond donors (Lipinski definition) is 2. The fourth-order valence-electron chi connectivity index (χ4n) is 1.99. The van der Waals surface area contributed by atoms with Gasteiger partial charge in [0.2, 0.25) is 0 Å². The highest BCUT2D eigenvalue weighted by molar-refractivity contribution is 5.19. The minimum absolute atomic E-state index is 0.276. The number of rotatable bonds is 3. The lowest BCUT2D eigenvalue weighted by molar-refractivity contribution is -0.402. The number of furan rings is 1. The lowest BCUT2D eigenvalue weighted by atomic mass is 9.90. The molecule has 88 valence electrons. The Hall–Kier alpha value is -1.40. The summed E-state index contributed by atoms with van der Waals surface area (Å²) in [6.07, 6.45) is 1.90. The van der Waals surface area contributed by atoms with Gasteiger partial charge >= 0.3 is 5.88 Å². The summed E-state index contributed by atoms with van der Waals surface area (Å²) in [7, 11) is 0. The highest BCUT2D eigenvalue weighted by atomic mass is 16.6. The molecule has 1 atom stereocenters. The third-order valence-corrected chi connectivity index (χ3v) is 2.78. The van der Waals surface area contributed by atoms with Gasteiger partial charge in [0.15, 0.2) is 0 Å². The molecule has 0 spiro atoms. The van der Waals surface area contributed by atoms with E-state index in [1.165, 1.54) is 6.07 Å². The molecule has 1 saturated heterocycles. The Labute approximate surface area is 92.4 Å². The van der Waals surface area contributed by atoms with E-state index in [1.807, 2.05) is 0 Å². The Morgan fingerprint density at radius 1 is 1.62 bits per heavy atom. The monoisotopic (exact) mass is 226 g/mol. The Balaban J connectivity index is 2.04. The Morgan fingerprint density at radius 2 is 2.44 bits per heavy atom. The van der Waals surface area contributed by atoms with Crippen molar-refractivity contribution in [3.8, 4) is 0 Å². The van der Waals surface area contributed by atoms with Crippen LogP contribution in [0.5, 0.6) is 0 Å². The molecule has 1 aliphatic heterocycles. The lowest BCUT2D eigenvalue weighted by Crippen LogP contribution is -2.47. The zero-order chi connectivity index (χ0) is 11.6. The topological polar surface area (TPSA) is 88.5 Å².